The normalized spacial score (nSPS) is 21.9. The molecular formula is C17H27N3O3S. The van der Waals surface area contributed by atoms with Crippen LogP contribution in [0.1, 0.15) is 5.56 Å². The number of hydrogen-bond acceptors (Lipinski definition) is 5. The zero-order chi connectivity index (χ0) is 17.0. The van der Waals surface area contributed by atoms with Crippen LogP contribution in [0.3, 0.4) is 0 Å². The van der Waals surface area contributed by atoms with Crippen LogP contribution < -0.4 is 0 Å². The Hall–Kier alpha value is -0.990. The molecule has 1 aromatic carbocycles. The SMILES string of the molecule is Cc1ccccc1S(=O)(=O)N1CCN(CCN2CCOCC2)CC1. The first-order valence-corrected chi connectivity index (χ1v) is 10.1. The highest BCUT2D eigenvalue weighted by molar-refractivity contribution is 7.89. The van der Waals surface area contributed by atoms with Gasteiger partial charge in [0, 0.05) is 52.4 Å². The van der Waals surface area contributed by atoms with Crippen molar-refractivity contribution in [2.75, 3.05) is 65.6 Å². The van der Waals surface area contributed by atoms with Gasteiger partial charge in [0.2, 0.25) is 10.0 Å². The highest BCUT2D eigenvalue weighted by Crippen LogP contribution is 2.20. The second-order valence-electron chi connectivity index (χ2n) is 6.47. The number of hydrogen-bond donors (Lipinski definition) is 0. The highest BCUT2D eigenvalue weighted by atomic mass is 32.2. The molecule has 0 saturated carbocycles. The summed E-state index contributed by atoms with van der Waals surface area (Å²) < 4.78 is 32.6. The summed E-state index contributed by atoms with van der Waals surface area (Å²) in [5, 5.41) is 0. The van der Waals surface area contributed by atoms with Crippen LogP contribution in [0.15, 0.2) is 29.2 Å². The van der Waals surface area contributed by atoms with E-state index in [0.29, 0.717) is 18.0 Å². The van der Waals surface area contributed by atoms with Gasteiger partial charge in [-0.25, -0.2) is 8.42 Å². The molecule has 0 N–H and O–H groups in total. The standard InChI is InChI=1S/C17H27N3O3S/c1-16-4-2-3-5-17(16)24(21,22)20-10-8-18(9-11-20)6-7-19-12-14-23-15-13-19/h2-5H,6-15H2,1H3. The van der Waals surface area contributed by atoms with E-state index in [1.54, 1.807) is 16.4 Å². The third kappa shape index (κ3) is 4.15. The second kappa shape index (κ2) is 7.93. The molecule has 7 heteroatoms. The van der Waals surface area contributed by atoms with E-state index < -0.39 is 10.0 Å². The van der Waals surface area contributed by atoms with Gasteiger partial charge in [-0.05, 0) is 18.6 Å². The zero-order valence-electron chi connectivity index (χ0n) is 14.4. The minimum atomic E-state index is -3.37. The van der Waals surface area contributed by atoms with Crippen LogP contribution >= 0.6 is 0 Å². The summed E-state index contributed by atoms with van der Waals surface area (Å²) in [5.74, 6) is 0. The number of ether oxygens (including phenoxy) is 1. The molecule has 1 aromatic rings. The van der Waals surface area contributed by atoms with Crippen LogP contribution in [0.25, 0.3) is 0 Å². The Morgan fingerprint density at radius 3 is 2.12 bits per heavy atom. The molecule has 0 aliphatic carbocycles. The molecule has 3 rings (SSSR count). The van der Waals surface area contributed by atoms with Gasteiger partial charge in [0.1, 0.15) is 0 Å². The smallest absolute Gasteiger partial charge is 0.243 e. The largest absolute Gasteiger partial charge is 0.379 e. The lowest BCUT2D eigenvalue weighted by molar-refractivity contribution is 0.0317. The Balaban J connectivity index is 1.52. The number of rotatable bonds is 5. The quantitative estimate of drug-likeness (QED) is 0.777. The summed E-state index contributed by atoms with van der Waals surface area (Å²) in [4.78, 5) is 5.21. The third-order valence-electron chi connectivity index (χ3n) is 4.88. The van der Waals surface area contributed by atoms with Crippen molar-refractivity contribution >= 4 is 10.0 Å². The van der Waals surface area contributed by atoms with Crippen LogP contribution in [-0.4, -0.2) is 88.1 Å². The van der Waals surface area contributed by atoms with E-state index in [9.17, 15) is 8.42 Å². The van der Waals surface area contributed by atoms with Gasteiger partial charge in [0.15, 0.2) is 0 Å². The van der Waals surface area contributed by atoms with Gasteiger partial charge in [-0.15, -0.1) is 0 Å². The van der Waals surface area contributed by atoms with E-state index in [-0.39, 0.29) is 0 Å². The zero-order valence-corrected chi connectivity index (χ0v) is 15.2. The van der Waals surface area contributed by atoms with E-state index in [2.05, 4.69) is 9.80 Å². The minimum Gasteiger partial charge on any atom is -0.379 e. The number of sulfonamides is 1. The molecular weight excluding hydrogens is 326 g/mol. The number of morpholine rings is 1. The Kier molecular flexibility index (Phi) is 5.89. The van der Waals surface area contributed by atoms with Gasteiger partial charge in [-0.1, -0.05) is 18.2 Å². The molecule has 0 spiro atoms. The Morgan fingerprint density at radius 2 is 1.50 bits per heavy atom. The number of benzene rings is 1. The lowest BCUT2D eigenvalue weighted by atomic mass is 10.2. The van der Waals surface area contributed by atoms with Crippen molar-refractivity contribution in [2.24, 2.45) is 0 Å². The van der Waals surface area contributed by atoms with E-state index >= 15 is 0 Å². The lowest BCUT2D eigenvalue weighted by Crippen LogP contribution is -2.50. The van der Waals surface area contributed by atoms with Crippen LogP contribution in [0.2, 0.25) is 0 Å². The predicted molar refractivity (Wildman–Crippen MR) is 93.6 cm³/mol. The Morgan fingerprint density at radius 1 is 0.917 bits per heavy atom. The Bertz CT molecular complexity index is 636. The number of aryl methyl sites for hydroxylation is 1. The van der Waals surface area contributed by atoms with Crippen LogP contribution in [0, 0.1) is 6.92 Å². The topological polar surface area (TPSA) is 53.1 Å². The van der Waals surface area contributed by atoms with Crippen molar-refractivity contribution in [1.82, 2.24) is 14.1 Å². The molecule has 0 unspecified atom stereocenters. The van der Waals surface area contributed by atoms with Crippen molar-refractivity contribution in [3.63, 3.8) is 0 Å². The number of nitrogens with zero attached hydrogens (tertiary/aromatic N) is 3. The maximum atomic E-state index is 12.8. The first-order valence-electron chi connectivity index (χ1n) is 8.65. The molecule has 0 atom stereocenters. The van der Waals surface area contributed by atoms with Crippen molar-refractivity contribution < 1.29 is 13.2 Å². The van der Waals surface area contributed by atoms with Gasteiger partial charge in [0.25, 0.3) is 0 Å². The molecule has 2 aliphatic heterocycles. The van der Waals surface area contributed by atoms with E-state index in [0.717, 1.165) is 58.0 Å². The molecule has 2 fully saturated rings. The fourth-order valence-corrected chi connectivity index (χ4v) is 4.93. The van der Waals surface area contributed by atoms with Gasteiger partial charge in [-0.2, -0.15) is 4.31 Å². The average molecular weight is 353 g/mol. The molecule has 0 amide bonds. The van der Waals surface area contributed by atoms with Crippen LogP contribution in [0.4, 0.5) is 0 Å². The van der Waals surface area contributed by atoms with Gasteiger partial charge >= 0.3 is 0 Å². The maximum absolute atomic E-state index is 12.8. The van der Waals surface area contributed by atoms with Crippen molar-refractivity contribution in [1.29, 1.82) is 0 Å². The first kappa shape index (κ1) is 17.8. The van der Waals surface area contributed by atoms with Crippen LogP contribution in [-0.2, 0) is 14.8 Å². The van der Waals surface area contributed by atoms with E-state index in [1.165, 1.54) is 0 Å². The molecule has 24 heavy (non-hydrogen) atoms. The molecule has 2 heterocycles. The highest BCUT2D eigenvalue weighted by Gasteiger charge is 2.29. The summed E-state index contributed by atoms with van der Waals surface area (Å²) in [6.45, 7) is 10.3. The third-order valence-corrected chi connectivity index (χ3v) is 6.94. The van der Waals surface area contributed by atoms with Gasteiger partial charge < -0.3 is 4.74 Å². The summed E-state index contributed by atoms with van der Waals surface area (Å²) in [7, 11) is -3.37. The maximum Gasteiger partial charge on any atom is 0.243 e. The summed E-state index contributed by atoms with van der Waals surface area (Å²) in [6.07, 6.45) is 0. The van der Waals surface area contributed by atoms with Crippen LogP contribution in [0.5, 0.6) is 0 Å². The number of piperazine rings is 1. The second-order valence-corrected chi connectivity index (χ2v) is 8.37. The molecule has 2 saturated heterocycles. The molecule has 134 valence electrons. The van der Waals surface area contributed by atoms with E-state index in [1.807, 2.05) is 19.1 Å². The molecule has 2 aliphatic rings. The summed E-state index contributed by atoms with van der Waals surface area (Å²) in [6, 6.07) is 7.22. The summed E-state index contributed by atoms with van der Waals surface area (Å²) >= 11 is 0. The van der Waals surface area contributed by atoms with Crippen molar-refractivity contribution in [3.05, 3.63) is 29.8 Å². The molecule has 0 radical (unpaired) electrons. The van der Waals surface area contributed by atoms with Crippen molar-refractivity contribution in [2.45, 2.75) is 11.8 Å². The van der Waals surface area contributed by atoms with Gasteiger partial charge in [-0.3, -0.25) is 9.80 Å². The van der Waals surface area contributed by atoms with Gasteiger partial charge in [0.05, 0.1) is 18.1 Å². The lowest BCUT2D eigenvalue weighted by Gasteiger charge is -2.36. The molecule has 6 nitrogen and oxygen atoms in total. The van der Waals surface area contributed by atoms with Crippen molar-refractivity contribution in [3.8, 4) is 0 Å². The first-order chi connectivity index (χ1) is 11.6. The summed E-state index contributed by atoms with van der Waals surface area (Å²) in [5.41, 5.74) is 0.812. The predicted octanol–water partition coefficient (Wildman–Crippen LogP) is 0.634. The Labute approximate surface area is 145 Å². The molecule has 0 bridgehead atoms. The monoisotopic (exact) mass is 353 g/mol. The molecule has 0 aromatic heterocycles. The van der Waals surface area contributed by atoms with E-state index in [4.69, 9.17) is 4.74 Å². The minimum absolute atomic E-state index is 0.437. The fourth-order valence-electron chi connectivity index (χ4n) is 3.29. The fraction of sp³-hybridized carbons (Fsp3) is 0.647. The average Bonchev–Trinajstić information content (AvgIpc) is 2.61.